The van der Waals surface area contributed by atoms with Crippen LogP contribution in [0.3, 0.4) is 0 Å². The first-order valence-corrected chi connectivity index (χ1v) is 6.62. The van der Waals surface area contributed by atoms with Crippen molar-refractivity contribution >= 4 is 23.1 Å². The number of nitrogens with zero attached hydrogens (tertiary/aromatic N) is 3. The van der Waals surface area contributed by atoms with Crippen LogP contribution in [-0.4, -0.2) is 25.2 Å². The van der Waals surface area contributed by atoms with Gasteiger partial charge in [0.1, 0.15) is 0 Å². The first-order valence-electron chi connectivity index (χ1n) is 6.62. The molecular formula is C16H15N3O2. The molecule has 0 amide bonds. The van der Waals surface area contributed by atoms with Gasteiger partial charge in [0.25, 0.3) is 0 Å². The van der Waals surface area contributed by atoms with Crippen LogP contribution < -0.4 is 0 Å². The van der Waals surface area contributed by atoms with E-state index < -0.39 is 5.97 Å². The van der Waals surface area contributed by atoms with Crippen molar-refractivity contribution in [3.63, 3.8) is 0 Å². The molecule has 0 radical (unpaired) electrons. The number of aliphatic carboxylic acids is 1. The molecule has 0 saturated heterocycles. The number of hydrogen-bond acceptors (Lipinski definition) is 2. The van der Waals surface area contributed by atoms with Crippen molar-refractivity contribution < 1.29 is 9.90 Å². The number of imidazole rings is 1. The van der Waals surface area contributed by atoms with E-state index in [9.17, 15) is 4.79 Å². The smallest absolute Gasteiger partial charge is 0.329 e. The lowest BCUT2D eigenvalue weighted by molar-refractivity contribution is -0.131. The van der Waals surface area contributed by atoms with Crippen molar-refractivity contribution in [2.24, 2.45) is 0 Å². The molecule has 2 aromatic heterocycles. The van der Waals surface area contributed by atoms with Gasteiger partial charge in [-0.2, -0.15) is 0 Å². The summed E-state index contributed by atoms with van der Waals surface area (Å²) in [5.74, 6) is -0.955. The third-order valence-electron chi connectivity index (χ3n) is 3.55. The Morgan fingerprint density at radius 3 is 2.90 bits per heavy atom. The summed E-state index contributed by atoms with van der Waals surface area (Å²) in [6.45, 7) is 2.71. The zero-order chi connectivity index (χ0) is 14.8. The van der Waals surface area contributed by atoms with Crippen LogP contribution in [0.2, 0.25) is 0 Å². The summed E-state index contributed by atoms with van der Waals surface area (Å²) in [5, 5.41) is 9.96. The van der Waals surface area contributed by atoms with Gasteiger partial charge >= 0.3 is 5.97 Å². The predicted molar refractivity (Wildman–Crippen MR) is 81.0 cm³/mol. The van der Waals surface area contributed by atoms with Crippen molar-refractivity contribution in [2.45, 2.75) is 13.5 Å². The SMILES string of the molecule is Cc1c(Cn2ccnc2)c2ccccc2n1/C=C/C(=O)O. The molecule has 0 fully saturated rings. The number of fused-ring (bicyclic) bond motifs is 1. The summed E-state index contributed by atoms with van der Waals surface area (Å²) < 4.78 is 3.91. The minimum Gasteiger partial charge on any atom is -0.478 e. The highest BCUT2D eigenvalue weighted by molar-refractivity contribution is 5.89. The maximum Gasteiger partial charge on any atom is 0.329 e. The molecule has 5 nitrogen and oxygen atoms in total. The highest BCUT2D eigenvalue weighted by Crippen LogP contribution is 2.26. The first-order chi connectivity index (χ1) is 10.2. The average molecular weight is 281 g/mol. The molecule has 0 aliphatic heterocycles. The molecule has 0 aliphatic rings. The van der Waals surface area contributed by atoms with Gasteiger partial charge < -0.3 is 14.2 Å². The zero-order valence-corrected chi connectivity index (χ0v) is 11.6. The number of benzene rings is 1. The summed E-state index contributed by atoms with van der Waals surface area (Å²) >= 11 is 0. The number of carboxylic acid groups (broad SMARTS) is 1. The Balaban J connectivity index is 2.15. The van der Waals surface area contributed by atoms with E-state index in [1.165, 1.54) is 5.56 Å². The summed E-state index contributed by atoms with van der Waals surface area (Å²) in [6, 6.07) is 7.99. The van der Waals surface area contributed by atoms with Crippen molar-refractivity contribution in [3.8, 4) is 0 Å². The van der Waals surface area contributed by atoms with Gasteiger partial charge in [0.05, 0.1) is 18.4 Å². The molecule has 5 heteroatoms. The summed E-state index contributed by atoms with van der Waals surface area (Å²) in [7, 11) is 0. The lowest BCUT2D eigenvalue weighted by Gasteiger charge is -2.04. The number of carboxylic acids is 1. The molecule has 21 heavy (non-hydrogen) atoms. The molecule has 0 bridgehead atoms. The second-order valence-corrected chi connectivity index (χ2v) is 4.84. The monoisotopic (exact) mass is 281 g/mol. The highest BCUT2D eigenvalue weighted by Gasteiger charge is 2.12. The van der Waals surface area contributed by atoms with Gasteiger partial charge in [-0.25, -0.2) is 9.78 Å². The summed E-state index contributed by atoms with van der Waals surface area (Å²) in [4.78, 5) is 14.8. The molecule has 0 saturated carbocycles. The van der Waals surface area contributed by atoms with Crippen molar-refractivity contribution in [3.05, 3.63) is 60.3 Å². The fourth-order valence-corrected chi connectivity index (χ4v) is 2.55. The maximum atomic E-state index is 10.8. The third kappa shape index (κ3) is 2.45. The van der Waals surface area contributed by atoms with Gasteiger partial charge in [-0.15, -0.1) is 0 Å². The van der Waals surface area contributed by atoms with Crippen LogP contribution in [0.15, 0.2) is 49.1 Å². The fourth-order valence-electron chi connectivity index (χ4n) is 2.55. The number of carbonyl (C=O) groups is 1. The van der Waals surface area contributed by atoms with Gasteiger partial charge in [-0.05, 0) is 13.0 Å². The Labute approximate surface area is 121 Å². The Morgan fingerprint density at radius 1 is 1.38 bits per heavy atom. The van der Waals surface area contributed by atoms with E-state index in [0.29, 0.717) is 6.54 Å². The lowest BCUT2D eigenvalue weighted by atomic mass is 10.1. The number of hydrogen-bond donors (Lipinski definition) is 1. The molecule has 106 valence electrons. The molecule has 0 spiro atoms. The van der Waals surface area contributed by atoms with Crippen LogP contribution in [-0.2, 0) is 11.3 Å². The number of para-hydroxylation sites is 1. The van der Waals surface area contributed by atoms with Crippen molar-refractivity contribution in [1.82, 2.24) is 14.1 Å². The fraction of sp³-hybridized carbons (Fsp3) is 0.125. The standard InChI is InChI=1S/C16H15N3O2/c1-12-14(10-18-9-7-17-11-18)13-4-2-3-5-15(13)19(12)8-6-16(20)21/h2-9,11H,10H2,1H3,(H,20,21)/b8-6+. The van der Waals surface area contributed by atoms with Crippen LogP contribution in [0, 0.1) is 6.92 Å². The summed E-state index contributed by atoms with van der Waals surface area (Å²) in [6.07, 6.45) is 8.19. The predicted octanol–water partition coefficient (Wildman–Crippen LogP) is 2.75. The molecule has 0 aliphatic carbocycles. The maximum absolute atomic E-state index is 10.8. The molecular weight excluding hydrogens is 266 g/mol. The van der Waals surface area contributed by atoms with Crippen LogP contribution in [0.1, 0.15) is 11.3 Å². The van der Waals surface area contributed by atoms with Crippen molar-refractivity contribution in [2.75, 3.05) is 0 Å². The van der Waals surface area contributed by atoms with E-state index in [1.807, 2.05) is 40.5 Å². The summed E-state index contributed by atoms with van der Waals surface area (Å²) in [5.41, 5.74) is 3.20. The largest absolute Gasteiger partial charge is 0.478 e. The minimum atomic E-state index is -0.955. The second kappa shape index (κ2) is 5.28. The van der Waals surface area contributed by atoms with Gasteiger partial charge in [0.2, 0.25) is 0 Å². The molecule has 3 rings (SSSR count). The first kappa shape index (κ1) is 13.2. The van der Waals surface area contributed by atoms with Gasteiger partial charge in [-0.3, -0.25) is 0 Å². The van der Waals surface area contributed by atoms with Crippen LogP contribution in [0.4, 0.5) is 0 Å². The molecule has 1 N–H and O–H groups in total. The minimum absolute atomic E-state index is 0.709. The lowest BCUT2D eigenvalue weighted by Crippen LogP contribution is -1.99. The van der Waals surface area contributed by atoms with E-state index in [1.54, 1.807) is 18.7 Å². The molecule has 0 atom stereocenters. The normalized spacial score (nSPS) is 11.5. The second-order valence-electron chi connectivity index (χ2n) is 4.84. The average Bonchev–Trinajstić information content (AvgIpc) is 3.06. The third-order valence-corrected chi connectivity index (χ3v) is 3.55. The Morgan fingerprint density at radius 2 is 2.19 bits per heavy atom. The number of rotatable bonds is 4. The zero-order valence-electron chi connectivity index (χ0n) is 11.6. The van der Waals surface area contributed by atoms with E-state index in [-0.39, 0.29) is 0 Å². The van der Waals surface area contributed by atoms with E-state index >= 15 is 0 Å². The molecule has 3 aromatic rings. The highest BCUT2D eigenvalue weighted by atomic mass is 16.4. The van der Waals surface area contributed by atoms with Gasteiger partial charge in [0, 0.05) is 41.3 Å². The van der Waals surface area contributed by atoms with E-state index in [4.69, 9.17) is 5.11 Å². The Kier molecular flexibility index (Phi) is 3.31. The van der Waals surface area contributed by atoms with Crippen LogP contribution >= 0.6 is 0 Å². The van der Waals surface area contributed by atoms with E-state index in [0.717, 1.165) is 22.7 Å². The topological polar surface area (TPSA) is 60.0 Å². The molecule has 1 aromatic carbocycles. The Hall–Kier alpha value is -2.82. The molecule has 2 heterocycles. The van der Waals surface area contributed by atoms with Gasteiger partial charge in [-0.1, -0.05) is 18.2 Å². The van der Waals surface area contributed by atoms with Gasteiger partial charge in [0.15, 0.2) is 0 Å². The number of aromatic nitrogens is 3. The van der Waals surface area contributed by atoms with Crippen molar-refractivity contribution in [1.29, 1.82) is 0 Å². The quantitative estimate of drug-likeness (QED) is 0.748. The molecule has 0 unspecified atom stereocenters. The van der Waals surface area contributed by atoms with E-state index in [2.05, 4.69) is 11.1 Å². The van der Waals surface area contributed by atoms with Crippen LogP contribution in [0.25, 0.3) is 17.1 Å². The van der Waals surface area contributed by atoms with Crippen LogP contribution in [0.5, 0.6) is 0 Å². The Bertz CT molecular complexity index is 814.